The number of rotatable bonds is 10. The molecule has 196 valence electrons. The van der Waals surface area contributed by atoms with Crippen LogP contribution in [-0.2, 0) is 17.1 Å². The van der Waals surface area contributed by atoms with Gasteiger partial charge in [-0.15, -0.1) is 10.2 Å². The Morgan fingerprint density at radius 1 is 0.946 bits per heavy atom. The Kier molecular flexibility index (Phi) is 7.34. The number of benzene rings is 1. The summed E-state index contributed by atoms with van der Waals surface area (Å²) in [5, 5.41) is 12.0. The minimum absolute atomic E-state index is 0.0369. The number of ether oxygens (including phenoxy) is 3. The molecule has 1 N–H and O–H groups in total. The van der Waals surface area contributed by atoms with Crippen molar-refractivity contribution in [2.24, 2.45) is 7.05 Å². The van der Waals surface area contributed by atoms with Crippen molar-refractivity contribution < 1.29 is 22.6 Å². The Morgan fingerprint density at radius 3 is 2.19 bits per heavy atom. The van der Waals surface area contributed by atoms with E-state index in [0.29, 0.717) is 40.1 Å². The smallest absolute Gasteiger partial charge is 0.243 e. The van der Waals surface area contributed by atoms with Crippen LogP contribution >= 0.6 is 0 Å². The maximum Gasteiger partial charge on any atom is 0.243 e. The summed E-state index contributed by atoms with van der Waals surface area (Å²) in [5.74, 6) is 1.28. The Labute approximate surface area is 215 Å². The number of hydrogen-bond acceptors (Lipinski definition) is 9. The molecule has 4 rings (SSSR count). The highest BCUT2D eigenvalue weighted by atomic mass is 32.2. The van der Waals surface area contributed by atoms with Gasteiger partial charge in [-0.2, -0.15) is 5.10 Å². The lowest BCUT2D eigenvalue weighted by atomic mass is 10.0. The molecule has 4 aromatic rings. The first-order valence-corrected chi connectivity index (χ1v) is 12.9. The summed E-state index contributed by atoms with van der Waals surface area (Å²) in [4.78, 5) is 4.35. The number of sulfonamides is 1. The minimum atomic E-state index is -3.96. The van der Waals surface area contributed by atoms with Crippen LogP contribution in [0.25, 0.3) is 17.2 Å². The largest absolute Gasteiger partial charge is 0.495 e. The normalized spacial score (nSPS) is 13.1. The molecule has 0 radical (unpaired) electrons. The molecule has 0 saturated carbocycles. The summed E-state index contributed by atoms with van der Waals surface area (Å²) in [5.41, 5.74) is 1.52. The number of hydrogen-bond donors (Lipinski definition) is 1. The van der Waals surface area contributed by atoms with Crippen molar-refractivity contribution in [2.45, 2.75) is 25.0 Å². The van der Waals surface area contributed by atoms with Gasteiger partial charge in [0.2, 0.25) is 16.0 Å². The average Bonchev–Trinajstić information content (AvgIpc) is 3.52. The molecule has 0 fully saturated rings. The predicted octanol–water partition coefficient (Wildman–Crippen LogP) is 3.02. The molecule has 0 aliphatic rings. The molecule has 0 bridgehead atoms. The third-order valence-electron chi connectivity index (χ3n) is 6.12. The number of methoxy groups -OCH3 is 3. The summed E-state index contributed by atoms with van der Waals surface area (Å²) < 4.78 is 49.2. The van der Waals surface area contributed by atoms with E-state index in [1.165, 1.54) is 18.8 Å². The van der Waals surface area contributed by atoms with Crippen LogP contribution in [0.15, 0.2) is 48.8 Å². The van der Waals surface area contributed by atoms with Crippen molar-refractivity contribution in [1.29, 1.82) is 0 Å². The number of anilines is 1. The van der Waals surface area contributed by atoms with Crippen LogP contribution in [0.3, 0.4) is 0 Å². The van der Waals surface area contributed by atoms with E-state index in [-0.39, 0.29) is 5.95 Å². The van der Waals surface area contributed by atoms with Gasteiger partial charge in [-0.1, -0.05) is 13.0 Å². The lowest BCUT2D eigenvalue weighted by Crippen LogP contribution is -2.31. The third kappa shape index (κ3) is 5.07. The molecular formula is C24H29N7O5S. The third-order valence-corrected chi connectivity index (χ3v) is 7.97. The van der Waals surface area contributed by atoms with Crippen LogP contribution < -0.4 is 18.9 Å². The second-order valence-corrected chi connectivity index (χ2v) is 10.4. The van der Waals surface area contributed by atoms with Gasteiger partial charge in [0.1, 0.15) is 28.6 Å². The van der Waals surface area contributed by atoms with E-state index >= 15 is 0 Å². The standard InChI is InChI=1S/C24H29N7O5S/c1-15(18-11-10-17(34-4)14-25-18)16(2)37(32,33)29-24-27-26-23(19-12-13-30(3)28-19)31(24)22-20(35-5)8-7-9-21(22)36-6/h7-16H,1-6H3,(H,27,29). The van der Waals surface area contributed by atoms with E-state index in [1.807, 2.05) is 0 Å². The van der Waals surface area contributed by atoms with Crippen molar-refractivity contribution in [1.82, 2.24) is 29.5 Å². The first-order valence-electron chi connectivity index (χ1n) is 11.4. The summed E-state index contributed by atoms with van der Waals surface area (Å²) >= 11 is 0. The van der Waals surface area contributed by atoms with Crippen molar-refractivity contribution in [3.05, 3.63) is 54.5 Å². The molecular weight excluding hydrogens is 498 g/mol. The molecule has 12 nitrogen and oxygen atoms in total. The molecule has 37 heavy (non-hydrogen) atoms. The Hall–Kier alpha value is -4.13. The van der Waals surface area contributed by atoms with E-state index in [1.54, 1.807) is 81.5 Å². The lowest BCUT2D eigenvalue weighted by Gasteiger charge is -2.22. The molecule has 0 saturated heterocycles. The molecule has 0 amide bonds. The van der Waals surface area contributed by atoms with Gasteiger partial charge in [-0.3, -0.25) is 19.0 Å². The summed E-state index contributed by atoms with van der Waals surface area (Å²) in [6.07, 6.45) is 3.31. The van der Waals surface area contributed by atoms with Gasteiger partial charge in [-0.05, 0) is 37.3 Å². The van der Waals surface area contributed by atoms with Crippen molar-refractivity contribution >= 4 is 16.0 Å². The summed E-state index contributed by atoms with van der Waals surface area (Å²) in [6, 6.07) is 10.5. The second-order valence-electron chi connectivity index (χ2n) is 8.33. The van der Waals surface area contributed by atoms with Crippen LogP contribution in [0, 0.1) is 0 Å². The van der Waals surface area contributed by atoms with Gasteiger partial charge < -0.3 is 14.2 Å². The Bertz CT molecular complexity index is 1460. The van der Waals surface area contributed by atoms with Gasteiger partial charge in [-0.25, -0.2) is 8.42 Å². The lowest BCUT2D eigenvalue weighted by molar-refractivity contribution is 0.391. The zero-order chi connectivity index (χ0) is 26.7. The molecule has 3 heterocycles. The van der Waals surface area contributed by atoms with E-state index < -0.39 is 21.2 Å². The van der Waals surface area contributed by atoms with E-state index in [0.717, 1.165) is 0 Å². The molecule has 0 aliphatic carbocycles. The Morgan fingerprint density at radius 2 is 1.65 bits per heavy atom. The molecule has 1 aromatic carbocycles. The minimum Gasteiger partial charge on any atom is -0.495 e. The molecule has 0 aliphatic heterocycles. The number of aryl methyl sites for hydroxylation is 1. The van der Waals surface area contributed by atoms with Crippen molar-refractivity contribution in [3.8, 4) is 34.5 Å². The number of para-hydroxylation sites is 1. The van der Waals surface area contributed by atoms with Gasteiger partial charge in [0.15, 0.2) is 5.82 Å². The van der Waals surface area contributed by atoms with Crippen LogP contribution in [0.2, 0.25) is 0 Å². The van der Waals surface area contributed by atoms with Crippen molar-refractivity contribution in [3.63, 3.8) is 0 Å². The molecule has 2 atom stereocenters. The maximum absolute atomic E-state index is 13.6. The van der Waals surface area contributed by atoms with Crippen molar-refractivity contribution in [2.75, 3.05) is 26.1 Å². The SMILES string of the molecule is COc1ccc(C(C)C(C)S(=O)(=O)Nc2nnc(-c3ccn(C)n3)n2-c2c(OC)cccc2OC)nc1. The second kappa shape index (κ2) is 10.5. The fraction of sp³-hybridized carbons (Fsp3) is 0.333. The van der Waals surface area contributed by atoms with Crippen LogP contribution in [0.1, 0.15) is 25.5 Å². The molecule has 2 unspecified atom stereocenters. The fourth-order valence-corrected chi connectivity index (χ4v) is 5.08. The molecule has 3 aromatic heterocycles. The first kappa shape index (κ1) is 25.9. The number of pyridine rings is 1. The van der Waals surface area contributed by atoms with Gasteiger partial charge in [0, 0.05) is 24.9 Å². The van der Waals surface area contributed by atoms with Gasteiger partial charge in [0.05, 0.1) is 32.8 Å². The Balaban J connectivity index is 1.79. The first-order chi connectivity index (χ1) is 17.7. The highest BCUT2D eigenvalue weighted by molar-refractivity contribution is 7.93. The zero-order valence-electron chi connectivity index (χ0n) is 21.4. The molecule has 0 spiro atoms. The number of nitrogens with zero attached hydrogens (tertiary/aromatic N) is 6. The number of aromatic nitrogens is 6. The predicted molar refractivity (Wildman–Crippen MR) is 138 cm³/mol. The van der Waals surface area contributed by atoms with E-state index in [9.17, 15) is 8.42 Å². The summed E-state index contributed by atoms with van der Waals surface area (Å²) in [7, 11) is 2.38. The highest BCUT2D eigenvalue weighted by Gasteiger charge is 2.32. The fourth-order valence-electron chi connectivity index (χ4n) is 3.83. The zero-order valence-corrected chi connectivity index (χ0v) is 22.2. The van der Waals surface area contributed by atoms with Crippen LogP contribution in [-0.4, -0.2) is 64.5 Å². The van der Waals surface area contributed by atoms with E-state index in [2.05, 4.69) is 25.0 Å². The molecule has 13 heteroatoms. The van der Waals surface area contributed by atoms with E-state index in [4.69, 9.17) is 14.2 Å². The van der Waals surface area contributed by atoms with Crippen LogP contribution in [0.5, 0.6) is 17.2 Å². The summed E-state index contributed by atoms with van der Waals surface area (Å²) in [6.45, 7) is 3.41. The average molecular weight is 528 g/mol. The highest BCUT2D eigenvalue weighted by Crippen LogP contribution is 2.37. The number of nitrogens with one attached hydrogen (secondary N) is 1. The topological polar surface area (TPSA) is 135 Å². The maximum atomic E-state index is 13.6. The quantitative estimate of drug-likeness (QED) is 0.330. The van der Waals surface area contributed by atoms with Gasteiger partial charge >= 0.3 is 0 Å². The van der Waals surface area contributed by atoms with Gasteiger partial charge in [0.25, 0.3) is 0 Å². The van der Waals surface area contributed by atoms with Crippen LogP contribution in [0.4, 0.5) is 5.95 Å². The monoisotopic (exact) mass is 527 g/mol.